The molecule has 92 valence electrons. The van der Waals surface area contributed by atoms with Crippen molar-refractivity contribution >= 4 is 37.1 Å². The van der Waals surface area contributed by atoms with E-state index in [1.54, 1.807) is 0 Å². The lowest BCUT2D eigenvalue weighted by atomic mass is 10.2. The fourth-order valence-corrected chi connectivity index (χ4v) is 2.06. The summed E-state index contributed by atoms with van der Waals surface area (Å²) in [5, 5.41) is 8.96. The van der Waals surface area contributed by atoms with E-state index in [4.69, 9.17) is 5.11 Å². The molecule has 0 radical (unpaired) electrons. The Balaban J connectivity index is 2.63. The van der Waals surface area contributed by atoms with Crippen molar-refractivity contribution in [3.05, 3.63) is 0 Å². The van der Waals surface area contributed by atoms with E-state index in [2.05, 4.69) is 25.3 Å². The van der Waals surface area contributed by atoms with Crippen LogP contribution in [-0.4, -0.2) is 38.5 Å². The predicted octanol–water partition coefficient (Wildman–Crippen LogP) is 1.42. The number of hydrogen-bond acceptors (Lipinski definition) is 4. The maximum Gasteiger partial charge on any atom is 0.326 e. The summed E-state index contributed by atoms with van der Waals surface area (Å²) in [7, 11) is 0. The molecule has 0 saturated carbocycles. The summed E-state index contributed by atoms with van der Waals surface area (Å²) in [6, 6.07) is -0.665. The predicted molar refractivity (Wildman–Crippen MR) is 68.0 cm³/mol. The van der Waals surface area contributed by atoms with Crippen LogP contribution in [-0.2, 0) is 9.59 Å². The molecule has 0 aromatic rings. The van der Waals surface area contributed by atoms with Crippen LogP contribution in [0.1, 0.15) is 32.6 Å². The van der Waals surface area contributed by atoms with E-state index in [1.165, 1.54) is 4.90 Å². The number of hydrogen-bond donors (Lipinski definition) is 3. The summed E-state index contributed by atoms with van der Waals surface area (Å²) in [6.45, 7) is 2.42. The number of carboxylic acid groups (broad SMARTS) is 1. The normalized spacial score (nSPS) is 21.2. The van der Waals surface area contributed by atoms with Crippen LogP contribution in [0.15, 0.2) is 0 Å². The standard InChI is InChI=1S/C10H17NO3S2/c1-2-10(15,16)6-8(12)11-5-3-4-7(11)9(13)14/h7,15-16H,2-6H2,1H3,(H,13,14)/t7-/m0/s1. The van der Waals surface area contributed by atoms with Gasteiger partial charge in [-0.15, -0.1) is 0 Å². The quantitative estimate of drug-likeness (QED) is 0.531. The Bertz CT molecular complexity index is 294. The first kappa shape index (κ1) is 13.7. The number of nitrogens with zero attached hydrogens (tertiary/aromatic N) is 1. The van der Waals surface area contributed by atoms with Crippen molar-refractivity contribution in [2.24, 2.45) is 0 Å². The first-order valence-electron chi connectivity index (χ1n) is 5.34. The molecule has 4 nitrogen and oxygen atoms in total. The fourth-order valence-electron chi connectivity index (χ4n) is 1.79. The SMILES string of the molecule is CCC(S)(S)CC(=O)N1CCC[C@H]1C(=O)O. The van der Waals surface area contributed by atoms with E-state index >= 15 is 0 Å². The molecule has 6 heteroatoms. The summed E-state index contributed by atoms with van der Waals surface area (Å²) < 4.78 is -0.650. The van der Waals surface area contributed by atoms with Crippen LogP contribution in [0.5, 0.6) is 0 Å². The molecule has 1 rings (SSSR count). The van der Waals surface area contributed by atoms with E-state index < -0.39 is 16.1 Å². The smallest absolute Gasteiger partial charge is 0.326 e. The fraction of sp³-hybridized carbons (Fsp3) is 0.800. The van der Waals surface area contributed by atoms with Gasteiger partial charge in [-0.3, -0.25) is 4.79 Å². The third-order valence-electron chi connectivity index (χ3n) is 2.86. The molecule has 1 heterocycles. The van der Waals surface area contributed by atoms with Gasteiger partial charge in [0.1, 0.15) is 6.04 Å². The molecule has 1 saturated heterocycles. The maximum atomic E-state index is 11.9. The minimum Gasteiger partial charge on any atom is -0.480 e. The molecule has 0 unspecified atom stereocenters. The molecule has 0 aromatic carbocycles. The van der Waals surface area contributed by atoms with Crippen LogP contribution in [0, 0.1) is 0 Å². The van der Waals surface area contributed by atoms with Gasteiger partial charge in [-0.25, -0.2) is 4.79 Å². The van der Waals surface area contributed by atoms with Crippen LogP contribution in [0.2, 0.25) is 0 Å². The number of carboxylic acids is 1. The average molecular weight is 263 g/mol. The van der Waals surface area contributed by atoms with Crippen molar-refractivity contribution in [2.45, 2.75) is 42.7 Å². The van der Waals surface area contributed by atoms with Gasteiger partial charge in [0.15, 0.2) is 0 Å². The van der Waals surface area contributed by atoms with Gasteiger partial charge in [0.2, 0.25) is 5.91 Å². The Hall–Kier alpha value is -0.360. The number of thiol groups is 2. The second-order valence-electron chi connectivity index (χ2n) is 4.10. The second-order valence-corrected chi connectivity index (χ2v) is 6.16. The first-order valence-corrected chi connectivity index (χ1v) is 6.24. The number of likely N-dealkylation sites (tertiary alicyclic amines) is 1. The zero-order valence-corrected chi connectivity index (χ0v) is 11.0. The number of carbonyl (C=O) groups is 2. The molecule has 0 bridgehead atoms. The van der Waals surface area contributed by atoms with Crippen molar-refractivity contribution in [2.75, 3.05) is 6.54 Å². The van der Waals surface area contributed by atoms with Crippen molar-refractivity contribution in [3.8, 4) is 0 Å². The molecule has 1 amide bonds. The molecular weight excluding hydrogens is 246 g/mol. The highest BCUT2D eigenvalue weighted by Crippen LogP contribution is 2.30. The molecule has 1 aliphatic rings. The van der Waals surface area contributed by atoms with Crippen LogP contribution in [0.3, 0.4) is 0 Å². The van der Waals surface area contributed by atoms with Crippen LogP contribution in [0.25, 0.3) is 0 Å². The molecule has 16 heavy (non-hydrogen) atoms. The topological polar surface area (TPSA) is 57.6 Å². The van der Waals surface area contributed by atoms with Crippen LogP contribution >= 0.6 is 25.3 Å². The van der Waals surface area contributed by atoms with Crippen molar-refractivity contribution in [1.29, 1.82) is 0 Å². The molecule has 0 aromatic heterocycles. The summed E-state index contributed by atoms with van der Waals surface area (Å²) in [5.74, 6) is -1.09. The van der Waals surface area contributed by atoms with E-state index in [0.717, 1.165) is 6.42 Å². The van der Waals surface area contributed by atoms with E-state index in [1.807, 2.05) is 6.92 Å². The third-order valence-corrected chi connectivity index (χ3v) is 3.81. The van der Waals surface area contributed by atoms with Gasteiger partial charge in [-0.2, -0.15) is 25.3 Å². The van der Waals surface area contributed by atoms with Gasteiger partial charge in [0.05, 0.1) is 10.5 Å². The first-order chi connectivity index (χ1) is 7.37. The third kappa shape index (κ3) is 3.31. The van der Waals surface area contributed by atoms with Crippen LogP contribution in [0.4, 0.5) is 0 Å². The Morgan fingerprint density at radius 3 is 2.62 bits per heavy atom. The maximum absolute atomic E-state index is 11.9. The monoisotopic (exact) mass is 263 g/mol. The Morgan fingerprint density at radius 1 is 1.50 bits per heavy atom. The lowest BCUT2D eigenvalue weighted by Gasteiger charge is -2.26. The van der Waals surface area contributed by atoms with Crippen molar-refractivity contribution < 1.29 is 14.7 Å². The lowest BCUT2D eigenvalue weighted by Crippen LogP contribution is -2.42. The molecule has 1 N–H and O–H groups in total. The van der Waals surface area contributed by atoms with Gasteiger partial charge in [0.25, 0.3) is 0 Å². The lowest BCUT2D eigenvalue weighted by molar-refractivity contribution is -0.148. The zero-order chi connectivity index (χ0) is 12.3. The molecule has 1 atom stereocenters. The van der Waals surface area contributed by atoms with Gasteiger partial charge >= 0.3 is 5.97 Å². The van der Waals surface area contributed by atoms with Crippen molar-refractivity contribution in [3.63, 3.8) is 0 Å². The van der Waals surface area contributed by atoms with Gasteiger partial charge in [0, 0.05) is 6.54 Å². The van der Waals surface area contributed by atoms with Crippen LogP contribution < -0.4 is 0 Å². The molecule has 1 fully saturated rings. The Kier molecular flexibility index (Phi) is 4.55. The highest BCUT2D eigenvalue weighted by molar-refractivity contribution is 8.00. The number of rotatable bonds is 4. The molecule has 0 aliphatic carbocycles. The minimum absolute atomic E-state index is 0.166. The Labute approximate surface area is 106 Å². The van der Waals surface area contributed by atoms with E-state index in [9.17, 15) is 9.59 Å². The zero-order valence-electron chi connectivity index (χ0n) is 9.22. The van der Waals surface area contributed by atoms with E-state index in [-0.39, 0.29) is 12.3 Å². The summed E-state index contributed by atoms with van der Waals surface area (Å²) in [5.41, 5.74) is 0. The van der Waals surface area contributed by atoms with Gasteiger partial charge in [-0.05, 0) is 19.3 Å². The van der Waals surface area contributed by atoms with E-state index in [0.29, 0.717) is 19.4 Å². The molecule has 0 spiro atoms. The second kappa shape index (κ2) is 5.31. The van der Waals surface area contributed by atoms with Crippen molar-refractivity contribution in [1.82, 2.24) is 4.90 Å². The number of amides is 1. The van der Waals surface area contributed by atoms with Gasteiger partial charge in [-0.1, -0.05) is 6.92 Å². The molecular formula is C10H17NO3S2. The summed E-state index contributed by atoms with van der Waals surface area (Å²) in [4.78, 5) is 24.2. The highest BCUT2D eigenvalue weighted by Gasteiger charge is 2.36. The van der Waals surface area contributed by atoms with Gasteiger partial charge < -0.3 is 10.0 Å². The minimum atomic E-state index is -0.925. The Morgan fingerprint density at radius 2 is 2.12 bits per heavy atom. The highest BCUT2D eigenvalue weighted by atomic mass is 32.2. The average Bonchev–Trinajstić information content (AvgIpc) is 2.65. The largest absolute Gasteiger partial charge is 0.480 e. The molecule has 1 aliphatic heterocycles. The number of aliphatic carboxylic acids is 1. The summed E-state index contributed by atoms with van der Waals surface area (Å²) in [6.07, 6.45) is 2.11. The number of carbonyl (C=O) groups excluding carboxylic acids is 1. The summed E-state index contributed by atoms with van der Waals surface area (Å²) >= 11 is 8.54.